The van der Waals surface area contributed by atoms with Gasteiger partial charge in [0.1, 0.15) is 18.2 Å². The summed E-state index contributed by atoms with van der Waals surface area (Å²) < 4.78 is 18.5. The number of anilines is 1. The van der Waals surface area contributed by atoms with Crippen LogP contribution in [0, 0.1) is 5.82 Å². The van der Waals surface area contributed by atoms with Crippen molar-refractivity contribution in [3.63, 3.8) is 0 Å². The van der Waals surface area contributed by atoms with Crippen LogP contribution in [0.2, 0.25) is 10.0 Å². The summed E-state index contributed by atoms with van der Waals surface area (Å²) in [6.45, 7) is 0.134. The second-order valence-electron chi connectivity index (χ2n) is 3.67. The zero-order valence-corrected chi connectivity index (χ0v) is 10.8. The van der Waals surface area contributed by atoms with E-state index in [4.69, 9.17) is 33.7 Å². The minimum atomic E-state index is -0.415. The molecule has 2 aromatic rings. The molecule has 0 saturated carbocycles. The van der Waals surface area contributed by atoms with Gasteiger partial charge in [0.2, 0.25) is 0 Å². The fraction of sp³-hybridized carbons (Fsp3) is 0.0769. The Morgan fingerprint density at radius 3 is 2.61 bits per heavy atom. The Balaban J connectivity index is 2.19. The van der Waals surface area contributed by atoms with Gasteiger partial charge in [0.05, 0.1) is 5.02 Å². The third-order valence-corrected chi connectivity index (χ3v) is 3.09. The molecular weight excluding hydrogens is 276 g/mol. The predicted octanol–water partition coefficient (Wildman–Crippen LogP) is 4.29. The Bertz CT molecular complexity index is 555. The van der Waals surface area contributed by atoms with Gasteiger partial charge < -0.3 is 10.5 Å². The molecule has 0 radical (unpaired) electrons. The van der Waals surface area contributed by atoms with Crippen molar-refractivity contribution in [2.75, 3.05) is 5.73 Å². The maximum atomic E-state index is 13.0. The van der Waals surface area contributed by atoms with Crippen molar-refractivity contribution in [3.8, 4) is 5.75 Å². The molecular formula is C13H10Cl2FNO. The standard InChI is InChI=1S/C13H10Cl2FNO/c14-10-2-1-3-12(17)9(10)7-18-13-6-8(16)4-5-11(13)15/h1-6H,7,17H2. The van der Waals surface area contributed by atoms with Gasteiger partial charge in [0.25, 0.3) is 0 Å². The number of hydrogen-bond acceptors (Lipinski definition) is 2. The van der Waals surface area contributed by atoms with E-state index >= 15 is 0 Å². The normalized spacial score (nSPS) is 10.4. The zero-order valence-electron chi connectivity index (χ0n) is 9.29. The third kappa shape index (κ3) is 2.86. The Hall–Kier alpha value is -1.45. The number of halogens is 3. The Morgan fingerprint density at radius 1 is 1.11 bits per heavy atom. The smallest absolute Gasteiger partial charge is 0.141 e. The van der Waals surface area contributed by atoms with Crippen molar-refractivity contribution in [1.29, 1.82) is 0 Å². The fourth-order valence-electron chi connectivity index (χ4n) is 1.47. The minimum Gasteiger partial charge on any atom is -0.487 e. The van der Waals surface area contributed by atoms with E-state index in [0.717, 1.165) is 0 Å². The summed E-state index contributed by atoms with van der Waals surface area (Å²) in [6, 6.07) is 9.09. The van der Waals surface area contributed by atoms with Crippen LogP contribution in [0.25, 0.3) is 0 Å². The lowest BCUT2D eigenvalue weighted by Gasteiger charge is -2.11. The van der Waals surface area contributed by atoms with Gasteiger partial charge in [-0.05, 0) is 24.3 Å². The highest BCUT2D eigenvalue weighted by Crippen LogP contribution is 2.28. The van der Waals surface area contributed by atoms with Crippen LogP contribution in [-0.2, 0) is 6.61 Å². The molecule has 0 unspecified atom stereocenters. The maximum Gasteiger partial charge on any atom is 0.141 e. The van der Waals surface area contributed by atoms with E-state index in [9.17, 15) is 4.39 Å². The highest BCUT2D eigenvalue weighted by Gasteiger charge is 2.08. The second-order valence-corrected chi connectivity index (χ2v) is 4.49. The summed E-state index contributed by atoms with van der Waals surface area (Å²) in [5, 5.41) is 0.838. The first-order chi connectivity index (χ1) is 8.58. The van der Waals surface area contributed by atoms with Gasteiger partial charge >= 0.3 is 0 Å². The molecule has 5 heteroatoms. The van der Waals surface area contributed by atoms with E-state index in [1.54, 1.807) is 18.2 Å². The molecule has 0 aliphatic rings. The molecule has 18 heavy (non-hydrogen) atoms. The fourth-order valence-corrected chi connectivity index (χ4v) is 1.87. The Labute approximate surface area is 114 Å². The number of benzene rings is 2. The van der Waals surface area contributed by atoms with Crippen molar-refractivity contribution in [2.45, 2.75) is 6.61 Å². The van der Waals surface area contributed by atoms with E-state index in [2.05, 4.69) is 0 Å². The van der Waals surface area contributed by atoms with Gasteiger partial charge in [0, 0.05) is 22.3 Å². The van der Waals surface area contributed by atoms with Crippen LogP contribution < -0.4 is 10.5 Å². The summed E-state index contributed by atoms with van der Waals surface area (Å²) in [6.07, 6.45) is 0. The molecule has 0 amide bonds. The van der Waals surface area contributed by atoms with Gasteiger partial charge in [-0.3, -0.25) is 0 Å². The first-order valence-electron chi connectivity index (χ1n) is 5.18. The van der Waals surface area contributed by atoms with Gasteiger partial charge in [-0.1, -0.05) is 29.3 Å². The monoisotopic (exact) mass is 285 g/mol. The first-order valence-corrected chi connectivity index (χ1v) is 5.94. The predicted molar refractivity (Wildman–Crippen MR) is 71.6 cm³/mol. The maximum absolute atomic E-state index is 13.0. The van der Waals surface area contributed by atoms with E-state index in [1.165, 1.54) is 18.2 Å². The molecule has 0 aliphatic heterocycles. The van der Waals surface area contributed by atoms with Gasteiger partial charge in [-0.25, -0.2) is 4.39 Å². The van der Waals surface area contributed by atoms with Crippen molar-refractivity contribution in [1.82, 2.24) is 0 Å². The van der Waals surface area contributed by atoms with E-state index < -0.39 is 5.82 Å². The molecule has 0 spiro atoms. The summed E-state index contributed by atoms with van der Waals surface area (Å²) in [5.41, 5.74) is 6.96. The number of rotatable bonds is 3. The highest BCUT2D eigenvalue weighted by atomic mass is 35.5. The van der Waals surface area contributed by atoms with Crippen molar-refractivity contribution < 1.29 is 9.13 Å². The Kier molecular flexibility index (Phi) is 3.94. The number of nitrogens with two attached hydrogens (primary N) is 1. The van der Waals surface area contributed by atoms with Crippen LogP contribution in [0.4, 0.5) is 10.1 Å². The van der Waals surface area contributed by atoms with Crippen molar-refractivity contribution >= 4 is 28.9 Å². The molecule has 2 nitrogen and oxygen atoms in total. The number of nitrogen functional groups attached to an aromatic ring is 1. The zero-order chi connectivity index (χ0) is 13.1. The molecule has 94 valence electrons. The van der Waals surface area contributed by atoms with Gasteiger partial charge in [0.15, 0.2) is 0 Å². The third-order valence-electron chi connectivity index (χ3n) is 2.42. The number of ether oxygens (including phenoxy) is 1. The molecule has 0 atom stereocenters. The molecule has 0 fully saturated rings. The molecule has 0 aliphatic carbocycles. The highest BCUT2D eigenvalue weighted by molar-refractivity contribution is 6.32. The van der Waals surface area contributed by atoms with Crippen LogP contribution in [0.3, 0.4) is 0 Å². The van der Waals surface area contributed by atoms with Crippen LogP contribution in [0.15, 0.2) is 36.4 Å². The minimum absolute atomic E-state index is 0.134. The topological polar surface area (TPSA) is 35.2 Å². The van der Waals surface area contributed by atoms with Gasteiger partial charge in [-0.15, -0.1) is 0 Å². The summed E-state index contributed by atoms with van der Waals surface area (Å²) in [4.78, 5) is 0. The summed E-state index contributed by atoms with van der Waals surface area (Å²) >= 11 is 11.9. The van der Waals surface area contributed by atoms with Crippen LogP contribution >= 0.6 is 23.2 Å². The largest absolute Gasteiger partial charge is 0.487 e. The Morgan fingerprint density at radius 2 is 1.89 bits per heavy atom. The van der Waals surface area contributed by atoms with E-state index in [0.29, 0.717) is 21.3 Å². The SMILES string of the molecule is Nc1cccc(Cl)c1COc1cc(F)ccc1Cl. The quantitative estimate of drug-likeness (QED) is 0.854. The molecule has 0 bridgehead atoms. The first kappa shape index (κ1) is 13.0. The van der Waals surface area contributed by atoms with E-state index in [-0.39, 0.29) is 12.4 Å². The second kappa shape index (κ2) is 5.46. The van der Waals surface area contributed by atoms with Crippen LogP contribution in [0.5, 0.6) is 5.75 Å². The summed E-state index contributed by atoms with van der Waals surface area (Å²) in [7, 11) is 0. The lowest BCUT2D eigenvalue weighted by Crippen LogP contribution is -2.01. The molecule has 0 heterocycles. The number of hydrogen-bond donors (Lipinski definition) is 1. The molecule has 0 aromatic heterocycles. The molecule has 2 aromatic carbocycles. The van der Waals surface area contributed by atoms with E-state index in [1.807, 2.05) is 0 Å². The summed E-state index contributed by atoms with van der Waals surface area (Å²) in [5.74, 6) is -0.155. The molecule has 0 saturated heterocycles. The van der Waals surface area contributed by atoms with Crippen molar-refractivity contribution in [3.05, 3.63) is 57.8 Å². The lowest BCUT2D eigenvalue weighted by molar-refractivity contribution is 0.305. The molecule has 2 rings (SSSR count). The average molecular weight is 286 g/mol. The average Bonchev–Trinajstić information content (AvgIpc) is 2.33. The lowest BCUT2D eigenvalue weighted by atomic mass is 10.2. The van der Waals surface area contributed by atoms with Crippen molar-refractivity contribution in [2.24, 2.45) is 0 Å². The van der Waals surface area contributed by atoms with Crippen LogP contribution in [-0.4, -0.2) is 0 Å². The van der Waals surface area contributed by atoms with Gasteiger partial charge in [-0.2, -0.15) is 0 Å². The van der Waals surface area contributed by atoms with Crippen LogP contribution in [0.1, 0.15) is 5.56 Å². The molecule has 2 N–H and O–H groups in total.